The average molecular weight is 208 g/mol. The fraction of sp³-hybridized carbons (Fsp3) is 0.667. The molecule has 0 spiro atoms. The number of furan rings is 1. The summed E-state index contributed by atoms with van der Waals surface area (Å²) in [6.07, 6.45) is 8.34. The normalized spacial score (nSPS) is 20.4. The summed E-state index contributed by atoms with van der Waals surface area (Å²) >= 11 is 0. The molecule has 1 aliphatic rings. The molecule has 0 saturated heterocycles. The zero-order valence-electron chi connectivity index (χ0n) is 9.33. The van der Waals surface area contributed by atoms with Crippen LogP contribution in [0.15, 0.2) is 16.7 Å². The van der Waals surface area contributed by atoms with Crippen LogP contribution in [0.2, 0.25) is 0 Å². The highest BCUT2D eigenvalue weighted by Gasteiger charge is 2.26. The Morgan fingerprint density at radius 1 is 1.40 bits per heavy atom. The Morgan fingerprint density at radius 2 is 2.13 bits per heavy atom. The largest absolute Gasteiger partial charge is 0.469 e. The van der Waals surface area contributed by atoms with Crippen molar-refractivity contribution < 1.29 is 4.42 Å². The molecule has 1 saturated carbocycles. The molecule has 1 atom stereocenters. The summed E-state index contributed by atoms with van der Waals surface area (Å²) in [4.78, 5) is 0. The van der Waals surface area contributed by atoms with Crippen LogP contribution in [0.25, 0.3) is 0 Å². The smallest absolute Gasteiger partial charge is 0.105 e. The van der Waals surface area contributed by atoms with Gasteiger partial charge in [-0.3, -0.25) is 11.3 Å². The molecule has 0 aromatic carbocycles. The molecule has 3 heteroatoms. The third-order valence-corrected chi connectivity index (χ3v) is 3.53. The first kappa shape index (κ1) is 10.7. The number of nitrogens with one attached hydrogen (secondary N) is 1. The van der Waals surface area contributed by atoms with Crippen molar-refractivity contribution in [2.75, 3.05) is 0 Å². The van der Waals surface area contributed by atoms with Crippen LogP contribution >= 0.6 is 0 Å². The van der Waals surface area contributed by atoms with Crippen LogP contribution in [0.1, 0.15) is 49.5 Å². The predicted molar refractivity (Wildman–Crippen MR) is 60.1 cm³/mol. The Bertz CT molecular complexity index is 302. The van der Waals surface area contributed by atoms with E-state index in [4.69, 9.17) is 10.3 Å². The van der Waals surface area contributed by atoms with Crippen LogP contribution in [-0.4, -0.2) is 0 Å². The minimum atomic E-state index is 0.268. The quantitative estimate of drug-likeness (QED) is 0.593. The van der Waals surface area contributed by atoms with Crippen LogP contribution in [0.3, 0.4) is 0 Å². The molecule has 84 valence electrons. The molecule has 1 fully saturated rings. The number of aryl methyl sites for hydroxylation is 1. The fourth-order valence-electron chi connectivity index (χ4n) is 2.66. The van der Waals surface area contributed by atoms with Gasteiger partial charge in [-0.05, 0) is 31.7 Å². The molecule has 2 rings (SSSR count). The van der Waals surface area contributed by atoms with Gasteiger partial charge in [0.15, 0.2) is 0 Å². The van der Waals surface area contributed by atoms with E-state index in [1.54, 1.807) is 6.26 Å². The van der Waals surface area contributed by atoms with Crippen molar-refractivity contribution >= 4 is 0 Å². The van der Waals surface area contributed by atoms with Gasteiger partial charge in [0.1, 0.15) is 5.76 Å². The molecule has 1 aromatic heterocycles. The van der Waals surface area contributed by atoms with Crippen molar-refractivity contribution in [3.8, 4) is 0 Å². The maximum absolute atomic E-state index is 5.67. The minimum Gasteiger partial charge on any atom is -0.469 e. The maximum atomic E-state index is 5.67. The van der Waals surface area contributed by atoms with E-state index >= 15 is 0 Å². The molecule has 1 heterocycles. The lowest BCUT2D eigenvalue weighted by Gasteiger charge is -2.29. The first-order valence-corrected chi connectivity index (χ1v) is 5.83. The average Bonchev–Trinajstić information content (AvgIpc) is 2.68. The molecule has 1 unspecified atom stereocenters. The van der Waals surface area contributed by atoms with Gasteiger partial charge in [-0.2, -0.15) is 0 Å². The molecular weight excluding hydrogens is 188 g/mol. The Morgan fingerprint density at radius 3 is 2.67 bits per heavy atom. The summed E-state index contributed by atoms with van der Waals surface area (Å²) in [7, 11) is 0. The summed E-state index contributed by atoms with van der Waals surface area (Å²) in [5, 5.41) is 0. The van der Waals surface area contributed by atoms with E-state index in [1.807, 2.05) is 13.0 Å². The lowest BCUT2D eigenvalue weighted by molar-refractivity contribution is 0.271. The SMILES string of the molecule is Cc1occc1C(NN)C1CCCCC1. The molecule has 3 nitrogen and oxygen atoms in total. The van der Waals surface area contributed by atoms with Gasteiger partial charge in [0, 0.05) is 5.56 Å². The zero-order chi connectivity index (χ0) is 10.7. The summed E-state index contributed by atoms with van der Waals surface area (Å²) < 4.78 is 5.34. The lowest BCUT2D eigenvalue weighted by atomic mass is 9.81. The number of hydrogen-bond acceptors (Lipinski definition) is 3. The van der Waals surface area contributed by atoms with Gasteiger partial charge in [0.05, 0.1) is 12.3 Å². The Kier molecular flexibility index (Phi) is 3.44. The van der Waals surface area contributed by atoms with Gasteiger partial charge >= 0.3 is 0 Å². The van der Waals surface area contributed by atoms with Crippen LogP contribution < -0.4 is 11.3 Å². The highest BCUT2D eigenvalue weighted by atomic mass is 16.3. The maximum Gasteiger partial charge on any atom is 0.105 e. The van der Waals surface area contributed by atoms with Crippen molar-refractivity contribution in [1.82, 2.24) is 5.43 Å². The summed E-state index contributed by atoms with van der Waals surface area (Å²) in [6, 6.07) is 2.30. The van der Waals surface area contributed by atoms with E-state index in [1.165, 1.54) is 37.7 Å². The Balaban J connectivity index is 2.12. The van der Waals surface area contributed by atoms with E-state index in [2.05, 4.69) is 5.43 Å². The van der Waals surface area contributed by atoms with E-state index in [0.717, 1.165) is 5.76 Å². The second kappa shape index (κ2) is 4.81. The van der Waals surface area contributed by atoms with E-state index < -0.39 is 0 Å². The molecule has 3 N–H and O–H groups in total. The number of nitrogens with two attached hydrogens (primary N) is 1. The molecule has 15 heavy (non-hydrogen) atoms. The molecule has 0 aliphatic heterocycles. The van der Waals surface area contributed by atoms with Crippen LogP contribution in [0.5, 0.6) is 0 Å². The van der Waals surface area contributed by atoms with Crippen LogP contribution in [0, 0.1) is 12.8 Å². The molecule has 1 aliphatic carbocycles. The van der Waals surface area contributed by atoms with Crippen molar-refractivity contribution in [3.05, 3.63) is 23.7 Å². The number of hydrogen-bond donors (Lipinski definition) is 2. The second-order valence-corrected chi connectivity index (χ2v) is 4.47. The molecule has 1 aromatic rings. The van der Waals surface area contributed by atoms with E-state index in [9.17, 15) is 0 Å². The molecular formula is C12H20N2O. The van der Waals surface area contributed by atoms with Crippen molar-refractivity contribution in [3.63, 3.8) is 0 Å². The Hall–Kier alpha value is -0.800. The van der Waals surface area contributed by atoms with Gasteiger partial charge in [0.25, 0.3) is 0 Å². The van der Waals surface area contributed by atoms with Crippen LogP contribution in [-0.2, 0) is 0 Å². The highest BCUT2D eigenvalue weighted by molar-refractivity contribution is 5.21. The Labute approximate surface area is 91.0 Å². The van der Waals surface area contributed by atoms with Crippen LogP contribution in [0.4, 0.5) is 0 Å². The van der Waals surface area contributed by atoms with Gasteiger partial charge in [-0.25, -0.2) is 0 Å². The fourth-order valence-corrected chi connectivity index (χ4v) is 2.66. The van der Waals surface area contributed by atoms with Gasteiger partial charge in [-0.1, -0.05) is 19.3 Å². The first-order valence-electron chi connectivity index (χ1n) is 5.83. The van der Waals surface area contributed by atoms with Gasteiger partial charge < -0.3 is 4.42 Å². The number of hydrazine groups is 1. The number of rotatable bonds is 3. The van der Waals surface area contributed by atoms with Crippen molar-refractivity contribution in [2.45, 2.75) is 45.1 Å². The third-order valence-electron chi connectivity index (χ3n) is 3.53. The van der Waals surface area contributed by atoms with Gasteiger partial charge in [0.2, 0.25) is 0 Å². The summed E-state index contributed by atoms with van der Waals surface area (Å²) in [6.45, 7) is 2.00. The third kappa shape index (κ3) is 2.24. The molecule has 0 bridgehead atoms. The zero-order valence-corrected chi connectivity index (χ0v) is 9.33. The standard InChI is InChI=1S/C12H20N2O/c1-9-11(7-8-15-9)12(14-13)10-5-3-2-4-6-10/h7-8,10,12,14H,2-6,13H2,1H3. The summed E-state index contributed by atoms with van der Waals surface area (Å²) in [5.41, 5.74) is 4.18. The minimum absolute atomic E-state index is 0.268. The van der Waals surface area contributed by atoms with E-state index in [-0.39, 0.29) is 6.04 Å². The van der Waals surface area contributed by atoms with E-state index in [0.29, 0.717) is 5.92 Å². The topological polar surface area (TPSA) is 51.2 Å². The van der Waals surface area contributed by atoms with Gasteiger partial charge in [-0.15, -0.1) is 0 Å². The predicted octanol–water partition coefficient (Wildman–Crippen LogP) is 2.67. The summed E-state index contributed by atoms with van der Waals surface area (Å²) in [5.74, 6) is 7.33. The lowest BCUT2D eigenvalue weighted by Crippen LogP contribution is -2.34. The highest BCUT2D eigenvalue weighted by Crippen LogP contribution is 2.35. The molecule has 0 radical (unpaired) electrons. The van der Waals surface area contributed by atoms with Crippen molar-refractivity contribution in [2.24, 2.45) is 11.8 Å². The monoisotopic (exact) mass is 208 g/mol. The second-order valence-electron chi connectivity index (χ2n) is 4.47. The molecule has 0 amide bonds. The van der Waals surface area contributed by atoms with Crippen molar-refractivity contribution in [1.29, 1.82) is 0 Å². The first-order chi connectivity index (χ1) is 7.33.